The summed E-state index contributed by atoms with van der Waals surface area (Å²) in [6.45, 7) is 2.30. The summed E-state index contributed by atoms with van der Waals surface area (Å²) in [6.07, 6.45) is 17.0. The van der Waals surface area contributed by atoms with Gasteiger partial charge in [-0.3, -0.25) is 0 Å². The van der Waals surface area contributed by atoms with Crippen molar-refractivity contribution in [3.8, 4) is 0 Å². The maximum absolute atomic E-state index is 13.5. The summed E-state index contributed by atoms with van der Waals surface area (Å²) in [7, 11) is -0.370. The molecule has 0 unspecified atom stereocenters. The molecule has 0 atom stereocenters. The van der Waals surface area contributed by atoms with E-state index in [0.717, 1.165) is 37.5 Å². The Bertz CT molecular complexity index is 608. The quantitative estimate of drug-likeness (QED) is 0.194. The van der Waals surface area contributed by atoms with E-state index in [4.69, 9.17) is 0 Å². The third-order valence-electron chi connectivity index (χ3n) is 7.98. The van der Waals surface area contributed by atoms with Crippen molar-refractivity contribution < 1.29 is 13.2 Å². The van der Waals surface area contributed by atoms with Crippen molar-refractivity contribution in [3.05, 3.63) is 35.1 Å². The highest BCUT2D eigenvalue weighted by molar-refractivity contribution is 6.58. The zero-order chi connectivity index (χ0) is 21.3. The summed E-state index contributed by atoms with van der Waals surface area (Å²) in [6, 6.07) is 7.20. The summed E-state index contributed by atoms with van der Waals surface area (Å²) in [5.41, 5.74) is 0.638. The van der Waals surface area contributed by atoms with E-state index in [0.29, 0.717) is 5.56 Å². The molecule has 0 nitrogen and oxygen atoms in total. The first-order chi connectivity index (χ1) is 14.6. The van der Waals surface area contributed by atoms with Crippen LogP contribution in [0.2, 0.25) is 18.1 Å². The molecule has 1 saturated carbocycles. The van der Waals surface area contributed by atoms with Crippen LogP contribution >= 0.6 is 0 Å². The lowest BCUT2D eigenvalue weighted by atomic mass is 9.77. The molecule has 170 valence electrons. The second-order valence-corrected chi connectivity index (χ2v) is 13.6. The molecule has 0 spiro atoms. The minimum atomic E-state index is -1.35. The van der Waals surface area contributed by atoms with E-state index in [-0.39, 0.29) is 14.7 Å². The van der Waals surface area contributed by atoms with Crippen LogP contribution in [0.25, 0.3) is 0 Å². The molecule has 2 aliphatic rings. The lowest BCUT2D eigenvalue weighted by molar-refractivity contribution is 0.296. The molecular formula is C26H41F3Si. The number of hydrogen-bond donors (Lipinski definition) is 0. The molecule has 0 radical (unpaired) electrons. The molecule has 1 aliphatic carbocycles. The van der Waals surface area contributed by atoms with Crippen LogP contribution in [0, 0.1) is 29.3 Å². The fourth-order valence-electron chi connectivity index (χ4n) is 5.95. The molecule has 30 heavy (non-hydrogen) atoms. The van der Waals surface area contributed by atoms with E-state index in [1.807, 2.05) is 0 Å². The van der Waals surface area contributed by atoms with Gasteiger partial charge in [-0.25, -0.2) is 13.2 Å². The van der Waals surface area contributed by atoms with Crippen LogP contribution in [0.4, 0.5) is 13.2 Å². The second-order valence-electron chi connectivity index (χ2n) is 10.2. The topological polar surface area (TPSA) is 0 Å². The van der Waals surface area contributed by atoms with Gasteiger partial charge in [-0.2, -0.15) is 0 Å². The van der Waals surface area contributed by atoms with E-state index in [2.05, 4.69) is 6.92 Å². The van der Waals surface area contributed by atoms with Crippen molar-refractivity contribution in [1.29, 1.82) is 0 Å². The van der Waals surface area contributed by atoms with Crippen molar-refractivity contribution in [2.75, 3.05) is 0 Å². The minimum absolute atomic E-state index is 0.183. The number of unbranched alkanes of at least 4 members (excludes halogenated alkanes) is 3. The molecule has 1 aromatic carbocycles. The highest BCUT2D eigenvalue weighted by atomic mass is 28.3. The number of halogens is 3. The molecule has 0 aromatic heterocycles. The van der Waals surface area contributed by atoms with Crippen molar-refractivity contribution in [3.63, 3.8) is 0 Å². The Balaban J connectivity index is 1.27. The molecular weight excluding hydrogens is 397 g/mol. The first-order valence-electron chi connectivity index (χ1n) is 12.7. The maximum atomic E-state index is 13.5. The minimum Gasteiger partial charge on any atom is -0.204 e. The first-order valence-corrected chi connectivity index (χ1v) is 15.2. The molecule has 0 amide bonds. The smallest absolute Gasteiger partial charge is 0.194 e. The van der Waals surface area contributed by atoms with E-state index >= 15 is 0 Å². The lowest BCUT2D eigenvalue weighted by Gasteiger charge is -2.30. The molecule has 0 bridgehead atoms. The fourth-order valence-corrected chi connectivity index (χ4v) is 9.57. The number of benzene rings is 1. The van der Waals surface area contributed by atoms with Gasteiger partial charge in [0.25, 0.3) is 0 Å². The summed E-state index contributed by atoms with van der Waals surface area (Å²) >= 11 is 0. The maximum Gasteiger partial charge on any atom is 0.194 e. The second kappa shape index (κ2) is 12.3. The van der Waals surface area contributed by atoms with Crippen LogP contribution < -0.4 is 0 Å². The normalized spacial score (nSPS) is 27.3. The van der Waals surface area contributed by atoms with Gasteiger partial charge in [-0.05, 0) is 61.1 Å². The van der Waals surface area contributed by atoms with Gasteiger partial charge >= 0.3 is 0 Å². The SMILES string of the molecule is CCCCC[SiH]1CCC(CCCC[C@H]2CC[C@H](c3cc(F)c(F)c(F)c3)CC2)CC1. The Labute approximate surface area is 183 Å². The van der Waals surface area contributed by atoms with Crippen molar-refractivity contribution in [1.82, 2.24) is 0 Å². The van der Waals surface area contributed by atoms with Crippen LogP contribution in [-0.2, 0) is 0 Å². The van der Waals surface area contributed by atoms with E-state index in [9.17, 15) is 13.2 Å². The predicted molar refractivity (Wildman–Crippen MR) is 123 cm³/mol. The van der Waals surface area contributed by atoms with Gasteiger partial charge in [0.15, 0.2) is 17.5 Å². The summed E-state index contributed by atoms with van der Waals surface area (Å²) in [4.78, 5) is 0. The highest BCUT2D eigenvalue weighted by Crippen LogP contribution is 2.39. The zero-order valence-corrected chi connectivity index (χ0v) is 20.1. The largest absolute Gasteiger partial charge is 0.204 e. The molecule has 1 aliphatic heterocycles. The molecule has 1 saturated heterocycles. The Morgan fingerprint density at radius 2 is 1.33 bits per heavy atom. The standard InChI is InChI=1S/C26H41F3Si/c1-2-3-6-15-30-16-13-21(14-17-30)8-5-4-7-20-9-11-22(12-10-20)23-18-24(27)26(29)25(28)19-23/h18-22,30H,2-17H2,1H3/t20-,21?,22-,30?. The molecule has 0 N–H and O–H groups in total. The molecule has 2 fully saturated rings. The van der Waals surface area contributed by atoms with Gasteiger partial charge in [0.1, 0.15) is 0 Å². The third-order valence-corrected chi connectivity index (χ3v) is 11.5. The van der Waals surface area contributed by atoms with Gasteiger partial charge in [0, 0.05) is 8.80 Å². The Kier molecular flexibility index (Phi) is 9.80. The van der Waals surface area contributed by atoms with Crippen molar-refractivity contribution in [2.45, 2.75) is 114 Å². The summed E-state index contributed by atoms with van der Waals surface area (Å²) in [5, 5.41) is 0. The van der Waals surface area contributed by atoms with Gasteiger partial charge < -0.3 is 0 Å². The van der Waals surface area contributed by atoms with Crippen LogP contribution in [0.1, 0.15) is 102 Å². The van der Waals surface area contributed by atoms with Gasteiger partial charge in [-0.15, -0.1) is 0 Å². The van der Waals surface area contributed by atoms with Crippen LogP contribution in [0.3, 0.4) is 0 Å². The molecule has 1 aromatic rings. The van der Waals surface area contributed by atoms with Crippen LogP contribution in [-0.4, -0.2) is 8.80 Å². The van der Waals surface area contributed by atoms with E-state index in [1.54, 1.807) is 18.1 Å². The van der Waals surface area contributed by atoms with Crippen molar-refractivity contribution in [2.24, 2.45) is 11.8 Å². The molecule has 3 rings (SSSR count). The van der Waals surface area contributed by atoms with Gasteiger partial charge in [-0.1, -0.05) is 82.8 Å². The third kappa shape index (κ3) is 7.14. The number of hydrogen-bond acceptors (Lipinski definition) is 0. The fraction of sp³-hybridized carbons (Fsp3) is 0.769. The summed E-state index contributed by atoms with van der Waals surface area (Å²) < 4.78 is 40.2. The van der Waals surface area contributed by atoms with Gasteiger partial charge in [0.05, 0.1) is 0 Å². The zero-order valence-electron chi connectivity index (χ0n) is 18.9. The Morgan fingerprint density at radius 1 is 0.767 bits per heavy atom. The first kappa shape index (κ1) is 23.9. The van der Waals surface area contributed by atoms with E-state index in [1.165, 1.54) is 69.9 Å². The monoisotopic (exact) mass is 438 g/mol. The Morgan fingerprint density at radius 3 is 1.90 bits per heavy atom. The van der Waals surface area contributed by atoms with Crippen LogP contribution in [0.5, 0.6) is 0 Å². The highest BCUT2D eigenvalue weighted by Gasteiger charge is 2.25. The number of rotatable bonds is 10. The lowest BCUT2D eigenvalue weighted by Crippen LogP contribution is -2.21. The molecule has 1 heterocycles. The average molecular weight is 439 g/mol. The predicted octanol–water partition coefficient (Wildman–Crippen LogP) is 8.77. The Hall–Kier alpha value is -0.773. The summed E-state index contributed by atoms with van der Waals surface area (Å²) in [5.74, 6) is -1.51. The van der Waals surface area contributed by atoms with Gasteiger partial charge in [0.2, 0.25) is 0 Å². The van der Waals surface area contributed by atoms with E-state index < -0.39 is 17.5 Å². The van der Waals surface area contributed by atoms with Crippen molar-refractivity contribution >= 4 is 8.80 Å². The van der Waals surface area contributed by atoms with Crippen LogP contribution in [0.15, 0.2) is 12.1 Å². The molecule has 4 heteroatoms. The average Bonchev–Trinajstić information content (AvgIpc) is 2.76.